The Morgan fingerprint density at radius 3 is 2.89 bits per heavy atom. The van der Waals surface area contributed by atoms with Crippen molar-refractivity contribution in [1.29, 1.82) is 0 Å². The molecule has 0 fully saturated rings. The van der Waals surface area contributed by atoms with Crippen LogP contribution in [0.15, 0.2) is 24.3 Å². The van der Waals surface area contributed by atoms with Gasteiger partial charge in [0.25, 0.3) is 0 Å². The molecule has 2 aromatic rings. The van der Waals surface area contributed by atoms with Crippen LogP contribution in [0.1, 0.15) is 11.8 Å². The maximum absolute atomic E-state index is 11.3. The highest BCUT2D eigenvalue weighted by Crippen LogP contribution is 2.34. The van der Waals surface area contributed by atoms with Crippen LogP contribution in [-0.2, 0) is 16.1 Å². The Hall–Kier alpha value is -1.10. The molecule has 0 radical (unpaired) electrons. The zero-order chi connectivity index (χ0) is 13.1. The minimum Gasteiger partial charge on any atom is -0.468 e. The number of hydrogen-bond acceptors (Lipinski definition) is 4. The molecule has 0 saturated heterocycles. The molecule has 96 valence electrons. The summed E-state index contributed by atoms with van der Waals surface area (Å²) in [7, 11) is 1.38. The van der Waals surface area contributed by atoms with Crippen molar-refractivity contribution in [2.45, 2.75) is 19.5 Å². The third-order valence-electron chi connectivity index (χ3n) is 2.73. The summed E-state index contributed by atoms with van der Waals surface area (Å²) in [6.07, 6.45) is 0. The van der Waals surface area contributed by atoms with Gasteiger partial charge in [0.1, 0.15) is 6.04 Å². The summed E-state index contributed by atoms with van der Waals surface area (Å²) in [5.74, 6) is -0.271. The minimum atomic E-state index is -0.337. The molecule has 0 aliphatic heterocycles. The van der Waals surface area contributed by atoms with Crippen molar-refractivity contribution >= 4 is 39.0 Å². The van der Waals surface area contributed by atoms with Gasteiger partial charge in [-0.25, -0.2) is 0 Å². The maximum atomic E-state index is 11.3. The van der Waals surface area contributed by atoms with Crippen LogP contribution in [-0.4, -0.2) is 19.1 Å². The van der Waals surface area contributed by atoms with Gasteiger partial charge in [-0.2, -0.15) is 0 Å². The Labute approximate surface area is 115 Å². The third-order valence-corrected chi connectivity index (χ3v) is 4.44. The molecule has 1 heterocycles. The lowest BCUT2D eigenvalue weighted by Gasteiger charge is -2.10. The van der Waals surface area contributed by atoms with E-state index in [-0.39, 0.29) is 12.0 Å². The van der Waals surface area contributed by atoms with Gasteiger partial charge in [0.2, 0.25) is 0 Å². The Balaban J connectivity index is 2.13. The van der Waals surface area contributed by atoms with Crippen LogP contribution in [0.5, 0.6) is 0 Å². The third kappa shape index (κ3) is 2.66. The van der Waals surface area contributed by atoms with E-state index in [2.05, 4.69) is 10.1 Å². The van der Waals surface area contributed by atoms with Crippen LogP contribution in [0.2, 0.25) is 5.02 Å². The Morgan fingerprint density at radius 1 is 1.50 bits per heavy atom. The van der Waals surface area contributed by atoms with Gasteiger partial charge in [-0.05, 0) is 13.0 Å². The standard InChI is InChI=1S/C13H14ClNO2S/c1-8(13(16)17-2)15-7-11-12(14)9-5-3-4-6-10(9)18-11/h3-6,8,15H,7H2,1-2H3/t8-/m0/s1. The van der Waals surface area contributed by atoms with E-state index in [1.165, 1.54) is 7.11 Å². The van der Waals surface area contributed by atoms with Crippen molar-refractivity contribution in [3.8, 4) is 0 Å². The molecule has 0 aliphatic carbocycles. The number of carbonyl (C=O) groups is 1. The van der Waals surface area contributed by atoms with Crippen molar-refractivity contribution in [1.82, 2.24) is 5.32 Å². The van der Waals surface area contributed by atoms with Crippen LogP contribution >= 0.6 is 22.9 Å². The fourth-order valence-electron chi connectivity index (χ4n) is 1.68. The van der Waals surface area contributed by atoms with Crippen LogP contribution in [0.3, 0.4) is 0 Å². The van der Waals surface area contributed by atoms with Gasteiger partial charge in [-0.3, -0.25) is 10.1 Å². The number of hydrogen-bond donors (Lipinski definition) is 1. The first kappa shape index (κ1) is 13.3. The first-order valence-electron chi connectivity index (χ1n) is 5.60. The predicted molar refractivity (Wildman–Crippen MR) is 75.2 cm³/mol. The summed E-state index contributed by atoms with van der Waals surface area (Å²) >= 11 is 7.95. The molecule has 3 nitrogen and oxygen atoms in total. The molecule has 5 heteroatoms. The fourth-order valence-corrected chi connectivity index (χ4v) is 3.13. The lowest BCUT2D eigenvalue weighted by Crippen LogP contribution is -2.34. The van der Waals surface area contributed by atoms with E-state index in [4.69, 9.17) is 11.6 Å². The van der Waals surface area contributed by atoms with E-state index in [0.29, 0.717) is 6.54 Å². The highest BCUT2D eigenvalue weighted by molar-refractivity contribution is 7.19. The monoisotopic (exact) mass is 283 g/mol. The molecule has 0 saturated carbocycles. The molecule has 1 aromatic carbocycles. The van der Waals surface area contributed by atoms with Gasteiger partial charge < -0.3 is 4.74 Å². The van der Waals surface area contributed by atoms with Gasteiger partial charge in [-0.15, -0.1) is 11.3 Å². The van der Waals surface area contributed by atoms with E-state index in [9.17, 15) is 4.79 Å². The van der Waals surface area contributed by atoms with Crippen molar-refractivity contribution in [3.63, 3.8) is 0 Å². The number of esters is 1. The first-order valence-corrected chi connectivity index (χ1v) is 6.80. The van der Waals surface area contributed by atoms with Crippen LogP contribution < -0.4 is 5.32 Å². The van der Waals surface area contributed by atoms with E-state index in [0.717, 1.165) is 20.0 Å². The molecule has 0 amide bonds. The summed E-state index contributed by atoms with van der Waals surface area (Å²) in [4.78, 5) is 12.3. The number of benzene rings is 1. The zero-order valence-corrected chi connectivity index (χ0v) is 11.8. The molecule has 0 bridgehead atoms. The quantitative estimate of drug-likeness (QED) is 0.876. The molecule has 2 rings (SSSR count). The number of thiophene rings is 1. The van der Waals surface area contributed by atoms with Crippen LogP contribution in [0, 0.1) is 0 Å². The predicted octanol–water partition coefficient (Wildman–Crippen LogP) is 3.21. The number of fused-ring (bicyclic) bond motifs is 1. The number of halogens is 1. The first-order chi connectivity index (χ1) is 8.63. The van der Waals surface area contributed by atoms with Crippen LogP contribution in [0.25, 0.3) is 10.1 Å². The molecule has 1 aromatic heterocycles. The van der Waals surface area contributed by atoms with Gasteiger partial charge >= 0.3 is 5.97 Å². The zero-order valence-electron chi connectivity index (χ0n) is 10.2. The van der Waals surface area contributed by atoms with Gasteiger partial charge in [0.05, 0.1) is 12.1 Å². The number of rotatable bonds is 4. The fraction of sp³-hybridized carbons (Fsp3) is 0.308. The number of ether oxygens (including phenoxy) is 1. The highest BCUT2D eigenvalue weighted by Gasteiger charge is 2.14. The smallest absolute Gasteiger partial charge is 0.322 e. The van der Waals surface area contributed by atoms with E-state index < -0.39 is 0 Å². The maximum Gasteiger partial charge on any atom is 0.322 e. The van der Waals surface area contributed by atoms with E-state index in [1.807, 2.05) is 24.3 Å². The topological polar surface area (TPSA) is 38.3 Å². The summed E-state index contributed by atoms with van der Waals surface area (Å²) in [6, 6.07) is 7.66. The Bertz CT molecular complexity index is 567. The van der Waals surface area contributed by atoms with E-state index >= 15 is 0 Å². The molecule has 0 aliphatic rings. The molecular formula is C13H14ClNO2S. The van der Waals surface area contributed by atoms with Gasteiger partial charge in [0.15, 0.2) is 0 Å². The van der Waals surface area contributed by atoms with Gasteiger partial charge in [0, 0.05) is 21.5 Å². The number of methoxy groups -OCH3 is 1. The average Bonchev–Trinajstić information content (AvgIpc) is 2.72. The molecular weight excluding hydrogens is 270 g/mol. The number of nitrogens with one attached hydrogen (secondary N) is 1. The Morgan fingerprint density at radius 2 is 2.22 bits per heavy atom. The summed E-state index contributed by atoms with van der Waals surface area (Å²) in [5, 5.41) is 4.93. The van der Waals surface area contributed by atoms with Crippen molar-refractivity contribution < 1.29 is 9.53 Å². The van der Waals surface area contributed by atoms with E-state index in [1.54, 1.807) is 18.3 Å². The molecule has 0 spiro atoms. The lowest BCUT2D eigenvalue weighted by atomic mass is 10.2. The van der Waals surface area contributed by atoms with Gasteiger partial charge in [-0.1, -0.05) is 29.8 Å². The van der Waals surface area contributed by atoms with Crippen LogP contribution in [0.4, 0.5) is 0 Å². The molecule has 18 heavy (non-hydrogen) atoms. The second-order valence-electron chi connectivity index (χ2n) is 3.96. The SMILES string of the molecule is COC(=O)[C@H](C)NCc1sc2ccccc2c1Cl. The molecule has 0 unspecified atom stereocenters. The summed E-state index contributed by atoms with van der Waals surface area (Å²) < 4.78 is 5.82. The normalized spacial score (nSPS) is 12.6. The Kier molecular flexibility index (Phi) is 4.22. The minimum absolute atomic E-state index is 0.271. The largest absolute Gasteiger partial charge is 0.468 e. The van der Waals surface area contributed by atoms with Crippen molar-refractivity contribution in [2.75, 3.05) is 7.11 Å². The summed E-state index contributed by atoms with van der Waals surface area (Å²) in [6.45, 7) is 2.33. The second kappa shape index (κ2) is 5.69. The van der Waals surface area contributed by atoms with Crippen molar-refractivity contribution in [3.05, 3.63) is 34.2 Å². The molecule has 1 N–H and O–H groups in total. The molecule has 1 atom stereocenters. The average molecular weight is 284 g/mol. The highest BCUT2D eigenvalue weighted by atomic mass is 35.5. The van der Waals surface area contributed by atoms with Crippen molar-refractivity contribution in [2.24, 2.45) is 0 Å². The summed E-state index contributed by atoms with van der Waals surface area (Å²) in [5.41, 5.74) is 0. The lowest BCUT2D eigenvalue weighted by molar-refractivity contribution is -0.142. The second-order valence-corrected chi connectivity index (χ2v) is 5.48. The number of carbonyl (C=O) groups excluding carboxylic acids is 1.